The second kappa shape index (κ2) is 9.26. The fourth-order valence-corrected chi connectivity index (χ4v) is 4.45. The van der Waals surface area contributed by atoms with Crippen molar-refractivity contribution in [3.63, 3.8) is 0 Å². The summed E-state index contributed by atoms with van der Waals surface area (Å²) in [4.78, 5) is 16.6. The number of amides is 1. The van der Waals surface area contributed by atoms with Gasteiger partial charge in [0.2, 0.25) is 11.8 Å². The van der Waals surface area contributed by atoms with E-state index >= 15 is 0 Å². The minimum Gasteiger partial charge on any atom is -0.441 e. The van der Waals surface area contributed by atoms with E-state index in [-0.39, 0.29) is 11.7 Å². The van der Waals surface area contributed by atoms with Crippen molar-refractivity contribution in [3.05, 3.63) is 77.2 Å². The van der Waals surface area contributed by atoms with Crippen LogP contribution in [0.25, 0.3) is 11.5 Å². The molecule has 6 nitrogen and oxygen atoms in total. The lowest BCUT2D eigenvalue weighted by Gasteiger charge is -2.13. The summed E-state index contributed by atoms with van der Waals surface area (Å²) >= 11 is 0. The zero-order valence-corrected chi connectivity index (χ0v) is 18.2. The van der Waals surface area contributed by atoms with Crippen molar-refractivity contribution in [2.24, 2.45) is 0 Å². The summed E-state index contributed by atoms with van der Waals surface area (Å²) in [5.41, 5.74) is 3.22. The molecule has 1 atom stereocenters. The van der Waals surface area contributed by atoms with Crippen LogP contribution in [0.5, 0.6) is 0 Å². The number of carbonyl (C=O) groups excluding carboxylic acids is 1. The number of nitrogens with one attached hydrogen (secondary N) is 1. The molecule has 0 bridgehead atoms. The van der Waals surface area contributed by atoms with Gasteiger partial charge in [0.15, 0.2) is 9.84 Å². The Labute approximate surface area is 177 Å². The van der Waals surface area contributed by atoms with Crippen LogP contribution in [0.4, 0.5) is 0 Å². The molecule has 1 N–H and O–H groups in total. The van der Waals surface area contributed by atoms with Gasteiger partial charge in [0, 0.05) is 12.1 Å². The molecule has 0 aliphatic heterocycles. The van der Waals surface area contributed by atoms with Gasteiger partial charge in [-0.1, -0.05) is 55.5 Å². The smallest absolute Gasteiger partial charge is 0.235 e. The van der Waals surface area contributed by atoms with Gasteiger partial charge in [0.05, 0.1) is 11.4 Å². The van der Waals surface area contributed by atoms with E-state index < -0.39 is 21.5 Å². The van der Waals surface area contributed by atoms with Crippen molar-refractivity contribution in [2.75, 3.05) is 12.3 Å². The molecular formula is C23H26N2O4S. The lowest BCUT2D eigenvalue weighted by molar-refractivity contribution is -0.118. The number of aromatic nitrogens is 1. The van der Waals surface area contributed by atoms with E-state index in [1.807, 2.05) is 68.4 Å². The molecule has 7 heteroatoms. The zero-order valence-electron chi connectivity index (χ0n) is 17.4. The van der Waals surface area contributed by atoms with Gasteiger partial charge in [-0.15, -0.1) is 0 Å². The van der Waals surface area contributed by atoms with Crippen molar-refractivity contribution < 1.29 is 17.6 Å². The van der Waals surface area contributed by atoms with Crippen LogP contribution < -0.4 is 5.32 Å². The van der Waals surface area contributed by atoms with Crippen LogP contribution in [0.3, 0.4) is 0 Å². The van der Waals surface area contributed by atoms with Crippen LogP contribution in [0.2, 0.25) is 0 Å². The molecule has 1 amide bonds. The maximum Gasteiger partial charge on any atom is 0.235 e. The number of hydrogen-bond donors (Lipinski definition) is 1. The second-order valence-corrected chi connectivity index (χ2v) is 9.55. The molecule has 0 spiro atoms. The summed E-state index contributed by atoms with van der Waals surface area (Å²) in [6, 6.07) is 17.4. The summed E-state index contributed by atoms with van der Waals surface area (Å²) in [6.07, 6.45) is 0. The Morgan fingerprint density at radius 3 is 2.43 bits per heavy atom. The van der Waals surface area contributed by atoms with Crippen LogP contribution in [-0.2, 0) is 20.4 Å². The first kappa shape index (κ1) is 21.8. The quantitative estimate of drug-likeness (QED) is 0.592. The fourth-order valence-electron chi connectivity index (χ4n) is 3.17. The third-order valence-electron chi connectivity index (χ3n) is 4.95. The maximum atomic E-state index is 12.5. The van der Waals surface area contributed by atoms with Crippen LogP contribution in [0.15, 0.2) is 59.0 Å². The standard InChI is InChI=1S/C23H26N2O4S/c1-16-9-7-8-12-20(16)23-25-21(18(3)29-23)14-30(27,28)15-22(26)24-13-17(2)19-10-5-4-6-11-19/h4-12,17H,13-15H2,1-3H3,(H,24,26)/t17-/m0/s1. The largest absolute Gasteiger partial charge is 0.441 e. The monoisotopic (exact) mass is 426 g/mol. The molecular weight excluding hydrogens is 400 g/mol. The Balaban J connectivity index is 1.61. The lowest BCUT2D eigenvalue weighted by atomic mass is 10.0. The fraction of sp³-hybridized carbons (Fsp3) is 0.304. The number of aryl methyl sites for hydroxylation is 2. The maximum absolute atomic E-state index is 12.5. The zero-order chi connectivity index (χ0) is 21.7. The molecule has 0 unspecified atom stereocenters. The van der Waals surface area contributed by atoms with E-state index in [9.17, 15) is 13.2 Å². The third kappa shape index (κ3) is 5.57. The van der Waals surface area contributed by atoms with Gasteiger partial charge in [-0.3, -0.25) is 4.79 Å². The van der Waals surface area contributed by atoms with Gasteiger partial charge in [0.25, 0.3) is 0 Å². The molecule has 0 aliphatic carbocycles. The van der Waals surface area contributed by atoms with E-state index in [1.165, 1.54) is 0 Å². The normalized spacial score (nSPS) is 12.5. The average Bonchev–Trinajstić information content (AvgIpc) is 3.06. The summed E-state index contributed by atoms with van der Waals surface area (Å²) < 4.78 is 30.8. The van der Waals surface area contributed by atoms with Crippen LogP contribution in [-0.4, -0.2) is 31.6 Å². The number of sulfone groups is 1. The minimum atomic E-state index is -3.68. The van der Waals surface area contributed by atoms with E-state index in [4.69, 9.17) is 4.42 Å². The number of benzene rings is 2. The highest BCUT2D eigenvalue weighted by Gasteiger charge is 2.22. The second-order valence-electron chi connectivity index (χ2n) is 7.48. The van der Waals surface area contributed by atoms with Gasteiger partial charge >= 0.3 is 0 Å². The summed E-state index contributed by atoms with van der Waals surface area (Å²) in [6.45, 7) is 5.97. The number of oxazole rings is 1. The van der Waals surface area contributed by atoms with Crippen molar-refractivity contribution in [1.82, 2.24) is 10.3 Å². The van der Waals surface area contributed by atoms with E-state index in [0.29, 0.717) is 23.9 Å². The Bertz CT molecular complexity index is 1120. The molecule has 0 saturated carbocycles. The van der Waals surface area contributed by atoms with E-state index in [0.717, 1.165) is 16.7 Å². The van der Waals surface area contributed by atoms with Gasteiger partial charge in [-0.05, 0) is 37.0 Å². The predicted octanol–water partition coefficient (Wildman–Crippen LogP) is 3.79. The molecule has 0 radical (unpaired) electrons. The van der Waals surface area contributed by atoms with Gasteiger partial charge in [-0.2, -0.15) is 0 Å². The SMILES string of the molecule is Cc1ccccc1-c1nc(CS(=O)(=O)CC(=O)NC[C@H](C)c2ccccc2)c(C)o1. The molecule has 30 heavy (non-hydrogen) atoms. The van der Waals surface area contributed by atoms with Crippen molar-refractivity contribution in [3.8, 4) is 11.5 Å². The molecule has 1 aromatic heterocycles. The number of rotatable bonds is 8. The molecule has 158 valence electrons. The molecule has 0 fully saturated rings. The highest BCUT2D eigenvalue weighted by atomic mass is 32.2. The van der Waals surface area contributed by atoms with Gasteiger partial charge < -0.3 is 9.73 Å². The van der Waals surface area contributed by atoms with E-state index in [2.05, 4.69) is 10.3 Å². The molecule has 2 aromatic carbocycles. The Hall–Kier alpha value is -2.93. The minimum absolute atomic E-state index is 0.0901. The van der Waals surface area contributed by atoms with Crippen LogP contribution in [0.1, 0.15) is 35.4 Å². The predicted molar refractivity (Wildman–Crippen MR) is 117 cm³/mol. The first-order valence-corrected chi connectivity index (χ1v) is 11.6. The van der Waals surface area contributed by atoms with E-state index in [1.54, 1.807) is 6.92 Å². The topological polar surface area (TPSA) is 89.3 Å². The number of hydrogen-bond acceptors (Lipinski definition) is 5. The van der Waals surface area contributed by atoms with Crippen molar-refractivity contribution in [1.29, 1.82) is 0 Å². The number of carbonyl (C=O) groups is 1. The highest BCUT2D eigenvalue weighted by Crippen LogP contribution is 2.25. The summed E-state index contributed by atoms with van der Waals surface area (Å²) in [5.74, 6) is -0.520. The molecule has 3 rings (SSSR count). The third-order valence-corrected chi connectivity index (χ3v) is 6.37. The van der Waals surface area contributed by atoms with Crippen molar-refractivity contribution >= 4 is 15.7 Å². The average molecular weight is 427 g/mol. The first-order chi connectivity index (χ1) is 14.2. The lowest BCUT2D eigenvalue weighted by Crippen LogP contribution is -2.33. The van der Waals surface area contributed by atoms with Crippen molar-refractivity contribution in [2.45, 2.75) is 32.4 Å². The Morgan fingerprint density at radius 2 is 1.73 bits per heavy atom. The van der Waals surface area contributed by atoms with Gasteiger partial charge in [0.1, 0.15) is 11.5 Å². The highest BCUT2D eigenvalue weighted by molar-refractivity contribution is 7.91. The molecule has 0 aliphatic rings. The molecule has 0 saturated heterocycles. The molecule has 1 heterocycles. The van der Waals surface area contributed by atoms with Crippen LogP contribution >= 0.6 is 0 Å². The number of nitrogens with zero attached hydrogens (tertiary/aromatic N) is 1. The first-order valence-electron chi connectivity index (χ1n) is 9.79. The Kier molecular flexibility index (Phi) is 6.72. The summed E-state index contributed by atoms with van der Waals surface area (Å²) in [7, 11) is -3.68. The van der Waals surface area contributed by atoms with Gasteiger partial charge in [-0.25, -0.2) is 13.4 Å². The molecule has 3 aromatic rings. The summed E-state index contributed by atoms with van der Waals surface area (Å²) in [5, 5.41) is 2.71. The Morgan fingerprint density at radius 1 is 1.07 bits per heavy atom. The van der Waals surface area contributed by atoms with Crippen LogP contribution in [0, 0.1) is 13.8 Å².